The average molecular weight is 300 g/mol. The topological polar surface area (TPSA) is 90.3 Å². The second-order valence-corrected chi connectivity index (χ2v) is 4.56. The molecule has 0 spiro atoms. The van der Waals surface area contributed by atoms with Crippen molar-refractivity contribution in [2.75, 3.05) is 5.32 Å². The molecule has 0 fully saturated rings. The van der Waals surface area contributed by atoms with Crippen LogP contribution in [0.5, 0.6) is 0 Å². The highest BCUT2D eigenvalue weighted by Crippen LogP contribution is 2.41. The second kappa shape index (κ2) is 5.79. The van der Waals surface area contributed by atoms with Gasteiger partial charge in [-0.3, -0.25) is 15.1 Å². The van der Waals surface area contributed by atoms with Crippen LogP contribution in [0.4, 0.5) is 19.0 Å². The molecule has 0 amide bonds. The Kier molecular flexibility index (Phi) is 4.09. The number of hydrogen-bond acceptors (Lipinski definition) is 6. The number of halogens is 3. The maximum atomic E-state index is 12.4. The number of alkyl halides is 3. The summed E-state index contributed by atoms with van der Waals surface area (Å²) in [6.07, 6.45) is 4.42. The fourth-order valence-electron chi connectivity index (χ4n) is 1.34. The van der Waals surface area contributed by atoms with Gasteiger partial charge in [0.15, 0.2) is 11.5 Å². The minimum atomic E-state index is -4.50. The van der Waals surface area contributed by atoms with E-state index in [1.165, 1.54) is 18.6 Å². The van der Waals surface area contributed by atoms with Crippen LogP contribution in [-0.4, -0.2) is 25.7 Å². The fraction of sp³-hybridized carbons (Fsp3) is 0.200. The van der Waals surface area contributed by atoms with Gasteiger partial charge < -0.3 is 5.32 Å². The number of nitrogens with zero attached hydrogens (tertiary/aromatic N) is 4. The lowest BCUT2D eigenvalue weighted by molar-refractivity contribution is -0.0328. The zero-order valence-electron chi connectivity index (χ0n) is 9.77. The van der Waals surface area contributed by atoms with Crippen molar-refractivity contribution in [3.8, 4) is 6.07 Å². The Bertz CT molecular complexity index is 618. The van der Waals surface area contributed by atoms with E-state index in [0.717, 1.165) is 0 Å². The smallest absolute Gasteiger partial charge is 0.362 e. The van der Waals surface area contributed by atoms with Gasteiger partial charge in [0.2, 0.25) is 0 Å². The molecule has 0 saturated heterocycles. The van der Waals surface area contributed by atoms with Crippen LogP contribution in [0.3, 0.4) is 0 Å². The van der Waals surface area contributed by atoms with Crippen molar-refractivity contribution in [1.29, 1.82) is 5.26 Å². The summed E-state index contributed by atoms with van der Waals surface area (Å²) in [6, 6.07) is 1.63. The molecule has 0 atom stereocenters. The van der Waals surface area contributed by atoms with Gasteiger partial charge in [-0.2, -0.15) is 23.5 Å². The van der Waals surface area contributed by atoms with Crippen molar-refractivity contribution in [3.05, 3.63) is 30.0 Å². The summed E-state index contributed by atoms with van der Waals surface area (Å²) >= 11 is -0.394. The van der Waals surface area contributed by atoms with Gasteiger partial charge in [-0.25, -0.2) is 0 Å². The zero-order chi connectivity index (χ0) is 14.6. The molecule has 2 aromatic heterocycles. The lowest BCUT2D eigenvalue weighted by Crippen LogP contribution is -2.05. The first kappa shape index (κ1) is 14.1. The molecule has 0 aliphatic rings. The number of aromatic nitrogens is 4. The van der Waals surface area contributed by atoms with Crippen molar-refractivity contribution in [3.63, 3.8) is 0 Å². The number of hydrogen-bond donors (Lipinski definition) is 2. The van der Waals surface area contributed by atoms with Crippen LogP contribution < -0.4 is 5.32 Å². The largest absolute Gasteiger partial charge is 0.446 e. The molecule has 0 bridgehead atoms. The Morgan fingerprint density at radius 3 is 2.80 bits per heavy atom. The summed E-state index contributed by atoms with van der Waals surface area (Å²) in [4.78, 5) is 7.51. The van der Waals surface area contributed by atoms with E-state index in [4.69, 9.17) is 5.26 Å². The molecule has 20 heavy (non-hydrogen) atoms. The number of rotatable bonds is 4. The molecule has 6 nitrogen and oxygen atoms in total. The van der Waals surface area contributed by atoms with E-state index < -0.39 is 17.3 Å². The number of H-pyrrole nitrogens is 1. The quantitative estimate of drug-likeness (QED) is 0.842. The summed E-state index contributed by atoms with van der Waals surface area (Å²) in [5.41, 5.74) is -4.20. The fourth-order valence-corrected chi connectivity index (χ4v) is 1.98. The van der Waals surface area contributed by atoms with Gasteiger partial charge in [0.1, 0.15) is 6.07 Å². The first-order valence-corrected chi connectivity index (χ1v) is 6.04. The lowest BCUT2D eigenvalue weighted by Gasteiger charge is -2.07. The number of aromatic amines is 1. The predicted octanol–water partition coefficient (Wildman–Crippen LogP) is 2.30. The third-order valence-electron chi connectivity index (χ3n) is 2.10. The molecule has 0 saturated carbocycles. The molecule has 0 radical (unpaired) electrons. The summed E-state index contributed by atoms with van der Waals surface area (Å²) in [5.74, 6) is -0.0467. The minimum absolute atomic E-state index is 0.0467. The molecule has 0 aliphatic heterocycles. The first-order chi connectivity index (χ1) is 9.49. The zero-order valence-corrected chi connectivity index (χ0v) is 10.6. The van der Waals surface area contributed by atoms with Gasteiger partial charge in [-0.1, -0.05) is 0 Å². The molecule has 0 aromatic carbocycles. The summed E-state index contributed by atoms with van der Waals surface area (Å²) in [7, 11) is 0. The van der Waals surface area contributed by atoms with Crippen molar-refractivity contribution in [2.45, 2.75) is 16.9 Å². The Hall–Kier alpha value is -2.28. The van der Waals surface area contributed by atoms with Crippen molar-refractivity contribution in [2.24, 2.45) is 0 Å². The second-order valence-electron chi connectivity index (χ2n) is 3.49. The van der Waals surface area contributed by atoms with Crippen LogP contribution in [0.1, 0.15) is 11.4 Å². The maximum Gasteiger partial charge on any atom is 0.446 e. The van der Waals surface area contributed by atoms with Crippen molar-refractivity contribution >= 4 is 17.6 Å². The molecule has 2 N–H and O–H groups in total. The highest BCUT2D eigenvalue weighted by atomic mass is 32.2. The average Bonchev–Trinajstić information content (AvgIpc) is 2.77. The molecule has 10 heteroatoms. The monoisotopic (exact) mass is 300 g/mol. The van der Waals surface area contributed by atoms with Gasteiger partial charge in [0.25, 0.3) is 0 Å². The predicted molar refractivity (Wildman–Crippen MR) is 64.6 cm³/mol. The van der Waals surface area contributed by atoms with Crippen molar-refractivity contribution in [1.82, 2.24) is 20.2 Å². The molecule has 0 aliphatic carbocycles. The van der Waals surface area contributed by atoms with Gasteiger partial charge >= 0.3 is 5.51 Å². The van der Waals surface area contributed by atoms with E-state index in [0.29, 0.717) is 5.69 Å². The van der Waals surface area contributed by atoms with Gasteiger partial charge in [0.05, 0.1) is 23.3 Å². The molecular weight excluding hydrogens is 293 g/mol. The Labute approximate surface area is 115 Å². The van der Waals surface area contributed by atoms with E-state index in [9.17, 15) is 13.2 Å². The lowest BCUT2D eigenvalue weighted by atomic mass is 10.4. The minimum Gasteiger partial charge on any atom is -0.362 e. The highest BCUT2D eigenvalue weighted by Gasteiger charge is 2.33. The molecule has 2 heterocycles. The van der Waals surface area contributed by atoms with Crippen LogP contribution in [0, 0.1) is 11.3 Å². The Morgan fingerprint density at radius 2 is 2.20 bits per heavy atom. The standard InChI is InChI=1S/C10H7F3N6S/c11-10(12,13)20-8-7(3-14)18-19-9(8)17-5-6-4-15-1-2-16-6/h1-2,4H,5H2,(H2,17,18,19). The first-order valence-electron chi connectivity index (χ1n) is 5.22. The third kappa shape index (κ3) is 3.61. The van der Waals surface area contributed by atoms with Crippen LogP contribution in [0.25, 0.3) is 0 Å². The Balaban J connectivity index is 2.16. The van der Waals surface area contributed by atoms with Crippen LogP contribution >= 0.6 is 11.8 Å². The highest BCUT2D eigenvalue weighted by molar-refractivity contribution is 8.00. The number of nitrogens with one attached hydrogen (secondary N) is 2. The van der Waals surface area contributed by atoms with Gasteiger partial charge in [-0.15, -0.1) is 0 Å². The number of nitriles is 1. The van der Waals surface area contributed by atoms with Crippen LogP contribution in [0.2, 0.25) is 0 Å². The molecule has 104 valence electrons. The summed E-state index contributed by atoms with van der Waals surface area (Å²) in [5, 5.41) is 17.4. The molecular formula is C10H7F3N6S. The summed E-state index contributed by atoms with van der Waals surface area (Å²) < 4.78 is 37.3. The van der Waals surface area contributed by atoms with E-state index in [2.05, 4.69) is 25.5 Å². The van der Waals surface area contributed by atoms with Crippen molar-refractivity contribution < 1.29 is 13.2 Å². The van der Waals surface area contributed by atoms with Crippen LogP contribution in [0.15, 0.2) is 23.5 Å². The maximum absolute atomic E-state index is 12.4. The number of anilines is 1. The molecule has 2 rings (SSSR count). The van der Waals surface area contributed by atoms with Gasteiger partial charge in [-0.05, 0) is 11.8 Å². The van der Waals surface area contributed by atoms with E-state index in [1.807, 2.05) is 0 Å². The Morgan fingerprint density at radius 1 is 1.40 bits per heavy atom. The third-order valence-corrected chi connectivity index (χ3v) is 2.94. The van der Waals surface area contributed by atoms with Gasteiger partial charge in [0, 0.05) is 12.4 Å². The van der Waals surface area contributed by atoms with E-state index in [1.54, 1.807) is 6.07 Å². The normalized spacial score (nSPS) is 11.1. The molecule has 0 unspecified atom stereocenters. The molecule has 2 aromatic rings. The van der Waals surface area contributed by atoms with E-state index >= 15 is 0 Å². The SMILES string of the molecule is N#Cc1[nH]nc(NCc2cnccn2)c1SC(F)(F)F. The number of thioether (sulfide) groups is 1. The van der Waals surface area contributed by atoms with E-state index in [-0.39, 0.29) is 23.0 Å². The summed E-state index contributed by atoms with van der Waals surface area (Å²) in [6.45, 7) is 0.148. The van der Waals surface area contributed by atoms with Crippen LogP contribution in [-0.2, 0) is 6.54 Å².